The Kier molecular flexibility index (Phi) is 4.14. The van der Waals surface area contributed by atoms with E-state index < -0.39 is 10.0 Å². The zero-order chi connectivity index (χ0) is 15.7. The van der Waals surface area contributed by atoms with E-state index in [1.165, 1.54) is 12.5 Å². The first-order valence-electron chi connectivity index (χ1n) is 5.92. The number of aromatic nitrogens is 1. The van der Waals surface area contributed by atoms with Crippen LogP contribution >= 0.6 is 34.5 Å². The van der Waals surface area contributed by atoms with E-state index in [1.54, 1.807) is 30.5 Å². The van der Waals surface area contributed by atoms with Gasteiger partial charge in [0.1, 0.15) is 9.23 Å². The van der Waals surface area contributed by atoms with Crippen molar-refractivity contribution in [1.29, 1.82) is 0 Å². The molecule has 0 bridgehead atoms. The second kappa shape index (κ2) is 5.92. The molecule has 2 heterocycles. The standard InChI is InChI=1S/C13H8Cl2N2O3S2/c14-12-5-11(13(15)21-12)22(18,19)17-9-3-1-2-8(4-9)10-6-16-7-20-10/h1-7,17H. The van der Waals surface area contributed by atoms with E-state index in [2.05, 4.69) is 9.71 Å². The summed E-state index contributed by atoms with van der Waals surface area (Å²) < 4.78 is 32.8. The fraction of sp³-hybridized carbons (Fsp3) is 0. The smallest absolute Gasteiger partial charge is 0.264 e. The average Bonchev–Trinajstić information content (AvgIpc) is 3.08. The maximum atomic E-state index is 12.4. The van der Waals surface area contributed by atoms with E-state index >= 15 is 0 Å². The number of oxazole rings is 1. The Labute approximate surface area is 140 Å². The summed E-state index contributed by atoms with van der Waals surface area (Å²) in [6.45, 7) is 0. The number of halogens is 2. The number of sulfonamides is 1. The van der Waals surface area contributed by atoms with Gasteiger partial charge in [0.2, 0.25) is 0 Å². The first-order chi connectivity index (χ1) is 10.5. The average molecular weight is 375 g/mol. The lowest BCUT2D eigenvalue weighted by atomic mass is 10.2. The molecule has 2 aromatic heterocycles. The highest BCUT2D eigenvalue weighted by atomic mass is 35.5. The minimum absolute atomic E-state index is 0.0470. The van der Waals surface area contributed by atoms with Crippen LogP contribution in [0.5, 0.6) is 0 Å². The van der Waals surface area contributed by atoms with Crippen molar-refractivity contribution in [3.05, 3.63) is 51.6 Å². The van der Waals surface area contributed by atoms with Crippen LogP contribution in [0.3, 0.4) is 0 Å². The van der Waals surface area contributed by atoms with E-state index in [9.17, 15) is 8.42 Å². The van der Waals surface area contributed by atoms with E-state index in [4.69, 9.17) is 27.6 Å². The second-order valence-corrected chi connectivity index (χ2v) is 8.18. The first-order valence-corrected chi connectivity index (χ1v) is 8.98. The quantitative estimate of drug-likeness (QED) is 0.728. The fourth-order valence-electron chi connectivity index (χ4n) is 1.81. The van der Waals surface area contributed by atoms with Gasteiger partial charge in [0, 0.05) is 11.3 Å². The van der Waals surface area contributed by atoms with Gasteiger partial charge in [-0.05, 0) is 18.2 Å². The van der Waals surface area contributed by atoms with E-state index in [0.29, 0.717) is 21.3 Å². The predicted octanol–water partition coefficient (Wildman–Crippen LogP) is 4.51. The SMILES string of the molecule is O=S(=O)(Nc1cccc(-c2cnco2)c1)c1cc(Cl)sc1Cl. The van der Waals surface area contributed by atoms with Gasteiger partial charge < -0.3 is 4.42 Å². The summed E-state index contributed by atoms with van der Waals surface area (Å²) in [6, 6.07) is 8.07. The van der Waals surface area contributed by atoms with Crippen molar-refractivity contribution in [3.63, 3.8) is 0 Å². The number of hydrogen-bond donors (Lipinski definition) is 1. The maximum Gasteiger partial charge on any atom is 0.264 e. The number of nitrogens with zero attached hydrogens (tertiary/aromatic N) is 1. The molecule has 22 heavy (non-hydrogen) atoms. The molecule has 0 radical (unpaired) electrons. The molecule has 0 atom stereocenters. The lowest BCUT2D eigenvalue weighted by Crippen LogP contribution is -2.12. The lowest BCUT2D eigenvalue weighted by Gasteiger charge is -2.08. The van der Waals surface area contributed by atoms with E-state index in [0.717, 1.165) is 11.3 Å². The highest BCUT2D eigenvalue weighted by molar-refractivity contribution is 7.93. The Morgan fingerprint density at radius 1 is 1.23 bits per heavy atom. The van der Waals surface area contributed by atoms with Gasteiger partial charge in [-0.2, -0.15) is 0 Å². The zero-order valence-corrected chi connectivity index (χ0v) is 13.9. The molecular formula is C13H8Cl2N2O3S2. The predicted molar refractivity (Wildman–Crippen MR) is 87.1 cm³/mol. The molecule has 5 nitrogen and oxygen atoms in total. The Morgan fingerprint density at radius 3 is 2.68 bits per heavy atom. The number of thiophene rings is 1. The summed E-state index contributed by atoms with van der Waals surface area (Å²) in [5.41, 5.74) is 1.08. The van der Waals surface area contributed by atoms with Crippen LogP contribution in [-0.2, 0) is 10.0 Å². The first kappa shape index (κ1) is 15.4. The van der Waals surface area contributed by atoms with Gasteiger partial charge in [0.05, 0.1) is 10.5 Å². The van der Waals surface area contributed by atoms with Crippen molar-refractivity contribution in [3.8, 4) is 11.3 Å². The third kappa shape index (κ3) is 3.12. The highest BCUT2D eigenvalue weighted by Crippen LogP contribution is 2.35. The zero-order valence-electron chi connectivity index (χ0n) is 10.8. The summed E-state index contributed by atoms with van der Waals surface area (Å²) in [7, 11) is -3.81. The van der Waals surface area contributed by atoms with Gasteiger partial charge in [-0.15, -0.1) is 11.3 Å². The molecule has 0 saturated heterocycles. The monoisotopic (exact) mass is 374 g/mol. The van der Waals surface area contributed by atoms with Crippen molar-refractivity contribution in [2.75, 3.05) is 4.72 Å². The van der Waals surface area contributed by atoms with Crippen LogP contribution in [0.2, 0.25) is 8.67 Å². The van der Waals surface area contributed by atoms with E-state index in [-0.39, 0.29) is 9.23 Å². The topological polar surface area (TPSA) is 72.2 Å². The third-order valence-electron chi connectivity index (χ3n) is 2.75. The van der Waals surface area contributed by atoms with Crippen molar-refractivity contribution < 1.29 is 12.8 Å². The summed E-state index contributed by atoms with van der Waals surface area (Å²) in [5.74, 6) is 0.539. The van der Waals surface area contributed by atoms with Gasteiger partial charge in [-0.3, -0.25) is 4.72 Å². The largest absolute Gasteiger partial charge is 0.444 e. The van der Waals surface area contributed by atoms with Crippen LogP contribution in [0.1, 0.15) is 0 Å². The van der Waals surface area contributed by atoms with E-state index in [1.807, 2.05) is 0 Å². The molecule has 0 spiro atoms. The second-order valence-electron chi connectivity index (χ2n) is 4.24. The molecule has 1 aromatic carbocycles. The highest BCUT2D eigenvalue weighted by Gasteiger charge is 2.21. The van der Waals surface area contributed by atoms with Gasteiger partial charge >= 0.3 is 0 Å². The molecule has 0 saturated carbocycles. The lowest BCUT2D eigenvalue weighted by molar-refractivity contribution is 0.572. The number of nitrogens with one attached hydrogen (secondary N) is 1. The number of hydrogen-bond acceptors (Lipinski definition) is 5. The van der Waals surface area contributed by atoms with Gasteiger partial charge in [-0.1, -0.05) is 35.3 Å². The Hall–Kier alpha value is -1.54. The normalized spacial score (nSPS) is 11.5. The molecule has 0 aliphatic rings. The van der Waals surface area contributed by atoms with Crippen LogP contribution in [0.4, 0.5) is 5.69 Å². The van der Waals surface area contributed by atoms with Crippen molar-refractivity contribution in [2.45, 2.75) is 4.90 Å². The molecule has 3 rings (SSSR count). The number of benzene rings is 1. The van der Waals surface area contributed by atoms with Crippen molar-refractivity contribution >= 4 is 50.2 Å². The number of anilines is 1. The van der Waals surface area contributed by atoms with Crippen molar-refractivity contribution in [1.82, 2.24) is 4.98 Å². The third-order valence-corrected chi connectivity index (χ3v) is 5.88. The molecule has 0 fully saturated rings. The summed E-state index contributed by atoms with van der Waals surface area (Å²) in [5, 5.41) is 0. The Morgan fingerprint density at radius 2 is 2.05 bits per heavy atom. The minimum Gasteiger partial charge on any atom is -0.444 e. The molecule has 0 aliphatic heterocycles. The van der Waals surface area contributed by atoms with Gasteiger partial charge in [0.15, 0.2) is 12.2 Å². The fourth-order valence-corrected chi connectivity index (χ4v) is 5.01. The molecule has 1 N–H and O–H groups in total. The summed E-state index contributed by atoms with van der Waals surface area (Å²) in [6.07, 6.45) is 2.85. The Balaban J connectivity index is 1.93. The minimum atomic E-state index is -3.81. The Bertz CT molecular complexity index is 905. The van der Waals surface area contributed by atoms with Crippen LogP contribution in [-0.4, -0.2) is 13.4 Å². The summed E-state index contributed by atoms with van der Waals surface area (Å²) >= 11 is 12.7. The van der Waals surface area contributed by atoms with Crippen LogP contribution in [0.15, 0.2) is 52.2 Å². The molecule has 9 heteroatoms. The molecular weight excluding hydrogens is 367 g/mol. The van der Waals surface area contributed by atoms with Gasteiger partial charge in [0.25, 0.3) is 10.0 Å². The molecule has 3 aromatic rings. The van der Waals surface area contributed by atoms with Crippen LogP contribution < -0.4 is 4.72 Å². The molecule has 0 unspecified atom stereocenters. The van der Waals surface area contributed by atoms with Crippen LogP contribution in [0.25, 0.3) is 11.3 Å². The summed E-state index contributed by atoms with van der Waals surface area (Å²) in [4.78, 5) is 3.78. The molecule has 0 aliphatic carbocycles. The molecule has 0 amide bonds. The molecule has 114 valence electrons. The van der Waals surface area contributed by atoms with Crippen molar-refractivity contribution in [2.24, 2.45) is 0 Å². The maximum absolute atomic E-state index is 12.4. The van der Waals surface area contributed by atoms with Crippen LogP contribution in [0, 0.1) is 0 Å². The van der Waals surface area contributed by atoms with Gasteiger partial charge in [-0.25, -0.2) is 13.4 Å². The number of rotatable bonds is 4.